The zero-order valence-corrected chi connectivity index (χ0v) is 10.5. The summed E-state index contributed by atoms with van der Waals surface area (Å²) < 4.78 is 11.0. The number of aliphatic carboxylic acids is 1. The Balaban J connectivity index is 3.81. The third-order valence-corrected chi connectivity index (χ3v) is 3.48. The molecule has 0 fully saturated rings. The molecule has 0 aliphatic rings. The quantitative estimate of drug-likeness (QED) is 0.687. The number of nitrogens with one attached hydrogen (secondary N) is 1. The first kappa shape index (κ1) is 14.9. The van der Waals surface area contributed by atoms with Crippen LogP contribution in [0.4, 0.5) is 4.79 Å². The van der Waals surface area contributed by atoms with Gasteiger partial charge >= 0.3 is 12.0 Å². The standard InChI is InChI=1S/C9H18N2O4S/c1-7(16(3)15)4-5-10-9(14)11(2)6-8(12)13/h7H,4-6H2,1-3H3,(H,10,14)(H,12,13). The molecule has 0 bridgehead atoms. The Labute approximate surface area is 97.5 Å². The lowest BCUT2D eigenvalue weighted by Gasteiger charge is -2.16. The minimum atomic E-state index is -1.05. The second kappa shape index (κ2) is 7.21. The summed E-state index contributed by atoms with van der Waals surface area (Å²) in [5.41, 5.74) is 0. The minimum Gasteiger partial charge on any atom is -0.480 e. The predicted molar refractivity (Wildman–Crippen MR) is 61.8 cm³/mol. The lowest BCUT2D eigenvalue weighted by atomic mass is 10.3. The number of hydrogen-bond acceptors (Lipinski definition) is 3. The van der Waals surface area contributed by atoms with E-state index in [0.29, 0.717) is 13.0 Å². The van der Waals surface area contributed by atoms with Crippen molar-refractivity contribution in [2.45, 2.75) is 18.6 Å². The molecule has 0 saturated carbocycles. The van der Waals surface area contributed by atoms with E-state index >= 15 is 0 Å². The molecule has 0 saturated heterocycles. The van der Waals surface area contributed by atoms with Gasteiger partial charge in [0.1, 0.15) is 6.54 Å². The largest absolute Gasteiger partial charge is 0.480 e. The molecular weight excluding hydrogens is 232 g/mol. The Bertz CT molecular complexity index is 283. The van der Waals surface area contributed by atoms with Crippen LogP contribution in [0.3, 0.4) is 0 Å². The van der Waals surface area contributed by atoms with Crippen molar-refractivity contribution >= 4 is 22.8 Å². The first-order valence-corrected chi connectivity index (χ1v) is 6.49. The number of carbonyl (C=O) groups is 2. The highest BCUT2D eigenvalue weighted by atomic mass is 32.2. The number of amides is 2. The average molecular weight is 250 g/mol. The van der Waals surface area contributed by atoms with Gasteiger partial charge in [-0.1, -0.05) is 6.92 Å². The predicted octanol–water partition coefficient (Wildman–Crippen LogP) is -0.130. The van der Waals surface area contributed by atoms with Crippen molar-refractivity contribution in [3.05, 3.63) is 0 Å². The average Bonchev–Trinajstić information content (AvgIpc) is 2.15. The van der Waals surface area contributed by atoms with Crippen LogP contribution < -0.4 is 5.32 Å². The maximum Gasteiger partial charge on any atom is 0.323 e. The topological polar surface area (TPSA) is 86.7 Å². The van der Waals surface area contributed by atoms with E-state index in [-0.39, 0.29) is 11.8 Å². The summed E-state index contributed by atoms with van der Waals surface area (Å²) in [6.45, 7) is 1.90. The van der Waals surface area contributed by atoms with E-state index in [1.54, 1.807) is 6.26 Å². The van der Waals surface area contributed by atoms with Gasteiger partial charge in [-0.2, -0.15) is 0 Å². The molecule has 2 atom stereocenters. The number of carboxylic acids is 1. The van der Waals surface area contributed by atoms with Crippen molar-refractivity contribution in [3.8, 4) is 0 Å². The van der Waals surface area contributed by atoms with Gasteiger partial charge in [0, 0.05) is 35.9 Å². The van der Waals surface area contributed by atoms with Crippen LogP contribution in [-0.4, -0.2) is 57.9 Å². The molecule has 0 radical (unpaired) electrons. The van der Waals surface area contributed by atoms with Gasteiger partial charge in [0.2, 0.25) is 0 Å². The number of rotatable bonds is 6. The molecule has 0 rings (SSSR count). The molecule has 2 unspecified atom stereocenters. The number of carbonyl (C=O) groups excluding carboxylic acids is 1. The van der Waals surface area contributed by atoms with Gasteiger partial charge in [-0.3, -0.25) is 9.00 Å². The summed E-state index contributed by atoms with van der Waals surface area (Å²) in [6, 6.07) is -0.434. The van der Waals surface area contributed by atoms with Gasteiger partial charge in [0.15, 0.2) is 0 Å². The third kappa shape index (κ3) is 6.39. The number of carboxylic acid groups (broad SMARTS) is 1. The lowest BCUT2D eigenvalue weighted by molar-refractivity contribution is -0.137. The second-order valence-corrected chi connectivity index (χ2v) is 5.38. The normalized spacial score (nSPS) is 13.9. The molecule has 2 amide bonds. The summed E-state index contributed by atoms with van der Waals surface area (Å²) in [7, 11) is 0.504. The van der Waals surface area contributed by atoms with E-state index in [1.165, 1.54) is 7.05 Å². The Morgan fingerprint density at radius 1 is 1.50 bits per heavy atom. The van der Waals surface area contributed by atoms with Crippen LogP contribution in [0, 0.1) is 0 Å². The lowest BCUT2D eigenvalue weighted by Crippen LogP contribution is -2.41. The summed E-state index contributed by atoms with van der Waals surface area (Å²) >= 11 is 0. The zero-order valence-electron chi connectivity index (χ0n) is 9.73. The molecular formula is C9H18N2O4S. The van der Waals surface area contributed by atoms with Gasteiger partial charge in [-0.05, 0) is 6.42 Å². The zero-order chi connectivity index (χ0) is 12.7. The molecule has 0 aromatic heterocycles. The molecule has 94 valence electrons. The SMILES string of the molecule is CC(CCNC(=O)N(C)CC(=O)O)S(C)=O. The fourth-order valence-electron chi connectivity index (χ4n) is 0.958. The molecule has 0 aromatic rings. The van der Waals surface area contributed by atoms with E-state index in [4.69, 9.17) is 5.11 Å². The fraction of sp³-hybridized carbons (Fsp3) is 0.778. The van der Waals surface area contributed by atoms with Crippen molar-refractivity contribution in [2.75, 3.05) is 26.4 Å². The van der Waals surface area contributed by atoms with E-state index in [2.05, 4.69) is 5.32 Å². The van der Waals surface area contributed by atoms with Gasteiger partial charge in [0.05, 0.1) is 0 Å². The van der Waals surface area contributed by atoms with Crippen molar-refractivity contribution < 1.29 is 18.9 Å². The Morgan fingerprint density at radius 2 is 2.06 bits per heavy atom. The Hall–Kier alpha value is -1.11. The van der Waals surface area contributed by atoms with Crippen LogP contribution in [0.15, 0.2) is 0 Å². The van der Waals surface area contributed by atoms with E-state index in [9.17, 15) is 13.8 Å². The van der Waals surface area contributed by atoms with E-state index in [1.807, 2.05) is 6.92 Å². The van der Waals surface area contributed by atoms with Gasteiger partial charge in [-0.25, -0.2) is 4.79 Å². The number of hydrogen-bond donors (Lipinski definition) is 2. The molecule has 2 N–H and O–H groups in total. The van der Waals surface area contributed by atoms with Crippen LogP contribution >= 0.6 is 0 Å². The van der Waals surface area contributed by atoms with E-state index in [0.717, 1.165) is 4.90 Å². The summed E-state index contributed by atoms with van der Waals surface area (Å²) in [6.07, 6.45) is 2.22. The van der Waals surface area contributed by atoms with Crippen LogP contribution in [0.25, 0.3) is 0 Å². The van der Waals surface area contributed by atoms with Crippen molar-refractivity contribution in [1.82, 2.24) is 10.2 Å². The Morgan fingerprint density at radius 3 is 2.50 bits per heavy atom. The highest BCUT2D eigenvalue weighted by Crippen LogP contribution is 1.97. The second-order valence-electron chi connectivity index (χ2n) is 3.58. The van der Waals surface area contributed by atoms with Gasteiger partial charge < -0.3 is 15.3 Å². The van der Waals surface area contributed by atoms with Crippen molar-refractivity contribution in [2.24, 2.45) is 0 Å². The highest BCUT2D eigenvalue weighted by Gasteiger charge is 2.12. The number of nitrogens with zero attached hydrogens (tertiary/aromatic N) is 1. The minimum absolute atomic E-state index is 0.0186. The molecule has 0 aliphatic heterocycles. The van der Waals surface area contributed by atoms with Crippen molar-refractivity contribution in [1.29, 1.82) is 0 Å². The van der Waals surface area contributed by atoms with Gasteiger partial charge in [0.25, 0.3) is 0 Å². The number of urea groups is 1. The summed E-state index contributed by atoms with van der Waals surface area (Å²) in [5, 5.41) is 11.0. The van der Waals surface area contributed by atoms with Crippen LogP contribution in [0.5, 0.6) is 0 Å². The molecule has 0 heterocycles. The number of likely N-dealkylation sites (N-methyl/N-ethyl adjacent to an activating group) is 1. The maximum atomic E-state index is 11.3. The van der Waals surface area contributed by atoms with Crippen LogP contribution in [0.2, 0.25) is 0 Å². The smallest absolute Gasteiger partial charge is 0.323 e. The third-order valence-electron chi connectivity index (χ3n) is 2.11. The molecule has 0 aliphatic carbocycles. The maximum absolute atomic E-state index is 11.3. The van der Waals surface area contributed by atoms with Crippen LogP contribution in [0.1, 0.15) is 13.3 Å². The van der Waals surface area contributed by atoms with Crippen LogP contribution in [-0.2, 0) is 15.6 Å². The monoisotopic (exact) mass is 250 g/mol. The molecule has 16 heavy (non-hydrogen) atoms. The summed E-state index contributed by atoms with van der Waals surface area (Å²) in [5.74, 6) is -1.05. The summed E-state index contributed by atoms with van der Waals surface area (Å²) in [4.78, 5) is 22.7. The molecule has 6 nitrogen and oxygen atoms in total. The van der Waals surface area contributed by atoms with Crippen molar-refractivity contribution in [3.63, 3.8) is 0 Å². The highest BCUT2D eigenvalue weighted by molar-refractivity contribution is 7.84. The molecule has 0 aromatic carbocycles. The van der Waals surface area contributed by atoms with Gasteiger partial charge in [-0.15, -0.1) is 0 Å². The first-order chi connectivity index (χ1) is 7.34. The Kier molecular flexibility index (Phi) is 6.71. The van der Waals surface area contributed by atoms with E-state index < -0.39 is 22.8 Å². The fourth-order valence-corrected chi connectivity index (χ4v) is 1.41. The molecule has 0 spiro atoms. The molecule has 7 heteroatoms. The first-order valence-electron chi connectivity index (χ1n) is 4.87.